The summed E-state index contributed by atoms with van der Waals surface area (Å²) in [6.45, 7) is 0. The summed E-state index contributed by atoms with van der Waals surface area (Å²) in [6.07, 6.45) is 0. The van der Waals surface area contributed by atoms with Gasteiger partial charge in [0, 0.05) is 11.3 Å². The van der Waals surface area contributed by atoms with Gasteiger partial charge in [0.1, 0.15) is 5.75 Å². The standard InChI is InChI=1S/C15H14N6O4S/c1-25-12-6-4-11(5-7-12)19-26(23,24)13-8-2-10(3-9-13)14(22)16-15-17-20-21-18-15/h2-9,19H,1H3,(H2,16,17,18,20,21,22). The number of hydrogen-bond acceptors (Lipinski definition) is 7. The average molecular weight is 374 g/mol. The molecule has 0 unspecified atom stereocenters. The van der Waals surface area contributed by atoms with E-state index in [0.717, 1.165) is 0 Å². The van der Waals surface area contributed by atoms with Gasteiger partial charge in [-0.2, -0.15) is 5.21 Å². The van der Waals surface area contributed by atoms with Crippen LogP contribution in [0.4, 0.5) is 11.6 Å². The number of carbonyl (C=O) groups excluding carboxylic acids is 1. The van der Waals surface area contributed by atoms with Gasteiger partial charge in [-0.15, -0.1) is 5.10 Å². The molecule has 0 fully saturated rings. The fourth-order valence-corrected chi connectivity index (χ4v) is 3.11. The molecule has 10 nitrogen and oxygen atoms in total. The lowest BCUT2D eigenvalue weighted by molar-refractivity contribution is 0.102. The number of nitrogens with one attached hydrogen (secondary N) is 3. The van der Waals surface area contributed by atoms with Gasteiger partial charge >= 0.3 is 0 Å². The molecule has 0 aliphatic heterocycles. The van der Waals surface area contributed by atoms with Crippen LogP contribution in [0.1, 0.15) is 10.4 Å². The molecule has 1 aromatic heterocycles. The van der Waals surface area contributed by atoms with Crippen molar-refractivity contribution in [2.24, 2.45) is 0 Å². The first-order valence-corrected chi connectivity index (χ1v) is 8.78. The average Bonchev–Trinajstić information content (AvgIpc) is 3.15. The predicted octanol–water partition coefficient (Wildman–Crippen LogP) is 1.26. The molecule has 134 valence electrons. The second-order valence-corrected chi connectivity index (χ2v) is 6.73. The minimum Gasteiger partial charge on any atom is -0.497 e. The summed E-state index contributed by atoms with van der Waals surface area (Å²) in [7, 11) is -2.26. The maximum Gasteiger partial charge on any atom is 0.270 e. The summed E-state index contributed by atoms with van der Waals surface area (Å²) >= 11 is 0. The molecule has 0 saturated heterocycles. The van der Waals surface area contributed by atoms with E-state index in [4.69, 9.17) is 4.74 Å². The molecule has 0 saturated carbocycles. The van der Waals surface area contributed by atoms with E-state index in [1.807, 2.05) is 0 Å². The number of rotatable bonds is 6. The lowest BCUT2D eigenvalue weighted by Crippen LogP contribution is -2.15. The normalized spacial score (nSPS) is 11.0. The number of nitrogens with zero attached hydrogens (tertiary/aromatic N) is 3. The molecule has 26 heavy (non-hydrogen) atoms. The topological polar surface area (TPSA) is 139 Å². The van der Waals surface area contributed by atoms with Crippen LogP contribution in [0.15, 0.2) is 53.4 Å². The fourth-order valence-electron chi connectivity index (χ4n) is 2.05. The van der Waals surface area contributed by atoms with Gasteiger partial charge in [0.15, 0.2) is 0 Å². The lowest BCUT2D eigenvalue weighted by Gasteiger charge is -2.09. The van der Waals surface area contributed by atoms with Gasteiger partial charge in [0.05, 0.1) is 12.0 Å². The molecule has 0 aliphatic carbocycles. The third-order valence-electron chi connectivity index (χ3n) is 3.34. The van der Waals surface area contributed by atoms with Gasteiger partial charge < -0.3 is 4.74 Å². The highest BCUT2D eigenvalue weighted by Gasteiger charge is 2.16. The number of aromatic amines is 1. The minimum atomic E-state index is -3.79. The van der Waals surface area contributed by atoms with Crippen LogP contribution in [0.3, 0.4) is 0 Å². The largest absolute Gasteiger partial charge is 0.497 e. The van der Waals surface area contributed by atoms with E-state index < -0.39 is 15.9 Å². The van der Waals surface area contributed by atoms with Crippen LogP contribution < -0.4 is 14.8 Å². The van der Waals surface area contributed by atoms with Crippen molar-refractivity contribution in [3.05, 3.63) is 54.1 Å². The zero-order valence-electron chi connectivity index (χ0n) is 13.5. The Bertz CT molecular complexity index is 986. The summed E-state index contributed by atoms with van der Waals surface area (Å²) in [5.41, 5.74) is 0.642. The van der Waals surface area contributed by atoms with E-state index in [-0.39, 0.29) is 16.4 Å². The summed E-state index contributed by atoms with van der Waals surface area (Å²) in [6, 6.07) is 11.9. The van der Waals surface area contributed by atoms with Crippen LogP contribution in [0.2, 0.25) is 0 Å². The third-order valence-corrected chi connectivity index (χ3v) is 4.74. The molecule has 0 spiro atoms. The molecule has 1 amide bonds. The Morgan fingerprint density at radius 1 is 1.08 bits per heavy atom. The Balaban J connectivity index is 1.72. The first kappa shape index (κ1) is 17.4. The van der Waals surface area contributed by atoms with Crippen molar-refractivity contribution in [1.29, 1.82) is 0 Å². The maximum atomic E-state index is 12.4. The summed E-state index contributed by atoms with van der Waals surface area (Å²) in [5, 5.41) is 15.1. The molecular weight excluding hydrogens is 360 g/mol. The number of aromatic nitrogens is 4. The Hall–Kier alpha value is -3.47. The van der Waals surface area contributed by atoms with Crippen LogP contribution >= 0.6 is 0 Å². The zero-order chi connectivity index (χ0) is 18.6. The van der Waals surface area contributed by atoms with Crippen molar-refractivity contribution in [2.75, 3.05) is 17.1 Å². The number of tetrazole rings is 1. The lowest BCUT2D eigenvalue weighted by atomic mass is 10.2. The summed E-state index contributed by atoms with van der Waals surface area (Å²) in [5.74, 6) is 0.149. The number of hydrogen-bond donors (Lipinski definition) is 3. The summed E-state index contributed by atoms with van der Waals surface area (Å²) in [4.78, 5) is 12.0. The molecule has 1 heterocycles. The van der Waals surface area contributed by atoms with E-state index in [2.05, 4.69) is 30.7 Å². The van der Waals surface area contributed by atoms with Gasteiger partial charge in [0.25, 0.3) is 21.9 Å². The fraction of sp³-hybridized carbons (Fsp3) is 0.0667. The first-order chi connectivity index (χ1) is 12.5. The molecule has 3 rings (SSSR count). The number of sulfonamides is 1. The quantitative estimate of drug-likeness (QED) is 0.590. The SMILES string of the molecule is COc1ccc(NS(=O)(=O)c2ccc(C(=O)Nc3nn[nH]n3)cc2)cc1. The van der Waals surface area contributed by atoms with E-state index in [1.54, 1.807) is 24.3 Å². The smallest absolute Gasteiger partial charge is 0.270 e. The van der Waals surface area contributed by atoms with Crippen molar-refractivity contribution in [3.8, 4) is 5.75 Å². The van der Waals surface area contributed by atoms with Crippen LogP contribution in [0.25, 0.3) is 0 Å². The van der Waals surface area contributed by atoms with E-state index in [1.165, 1.54) is 31.4 Å². The van der Waals surface area contributed by atoms with Gasteiger partial charge in [-0.3, -0.25) is 14.8 Å². The van der Waals surface area contributed by atoms with Crippen molar-refractivity contribution in [2.45, 2.75) is 4.90 Å². The molecule has 2 aromatic carbocycles. The Morgan fingerprint density at radius 3 is 2.35 bits per heavy atom. The monoisotopic (exact) mass is 374 g/mol. The Morgan fingerprint density at radius 2 is 1.77 bits per heavy atom. The second kappa shape index (κ2) is 7.19. The van der Waals surface area contributed by atoms with Crippen molar-refractivity contribution in [1.82, 2.24) is 20.6 Å². The van der Waals surface area contributed by atoms with Crippen molar-refractivity contribution < 1.29 is 17.9 Å². The second-order valence-electron chi connectivity index (χ2n) is 5.05. The Labute approximate surface area is 148 Å². The highest BCUT2D eigenvalue weighted by molar-refractivity contribution is 7.92. The molecule has 0 radical (unpaired) electrons. The first-order valence-electron chi connectivity index (χ1n) is 7.30. The van der Waals surface area contributed by atoms with Crippen molar-refractivity contribution >= 4 is 27.6 Å². The number of H-pyrrole nitrogens is 1. The highest BCUT2D eigenvalue weighted by Crippen LogP contribution is 2.19. The number of methoxy groups -OCH3 is 1. The number of anilines is 2. The van der Waals surface area contributed by atoms with Crippen LogP contribution in [-0.4, -0.2) is 42.1 Å². The zero-order valence-corrected chi connectivity index (χ0v) is 14.3. The van der Waals surface area contributed by atoms with E-state index in [9.17, 15) is 13.2 Å². The molecular formula is C15H14N6O4S. The van der Waals surface area contributed by atoms with Gasteiger partial charge in [-0.05, 0) is 53.7 Å². The molecule has 0 bridgehead atoms. The summed E-state index contributed by atoms with van der Waals surface area (Å²) < 4.78 is 32.3. The number of ether oxygens (including phenoxy) is 1. The Kier molecular flexibility index (Phi) is 4.80. The molecule has 3 aromatic rings. The van der Waals surface area contributed by atoms with Crippen LogP contribution in [0, 0.1) is 0 Å². The molecule has 3 N–H and O–H groups in total. The van der Waals surface area contributed by atoms with Crippen LogP contribution in [0.5, 0.6) is 5.75 Å². The van der Waals surface area contributed by atoms with Crippen LogP contribution in [-0.2, 0) is 10.0 Å². The number of benzene rings is 2. The van der Waals surface area contributed by atoms with Gasteiger partial charge in [-0.25, -0.2) is 8.42 Å². The van der Waals surface area contributed by atoms with Gasteiger partial charge in [-0.1, -0.05) is 5.10 Å². The highest BCUT2D eigenvalue weighted by atomic mass is 32.2. The maximum absolute atomic E-state index is 12.4. The third kappa shape index (κ3) is 3.95. The van der Waals surface area contributed by atoms with E-state index >= 15 is 0 Å². The molecule has 0 atom stereocenters. The number of amides is 1. The van der Waals surface area contributed by atoms with Crippen molar-refractivity contribution in [3.63, 3.8) is 0 Å². The van der Waals surface area contributed by atoms with E-state index in [0.29, 0.717) is 11.4 Å². The minimum absolute atomic E-state index is 0.0180. The molecule has 11 heteroatoms. The number of carbonyl (C=O) groups is 1. The van der Waals surface area contributed by atoms with Gasteiger partial charge in [0.2, 0.25) is 0 Å². The molecule has 0 aliphatic rings. The predicted molar refractivity (Wildman–Crippen MR) is 92.4 cm³/mol.